The van der Waals surface area contributed by atoms with E-state index in [4.69, 9.17) is 26.3 Å². The highest BCUT2D eigenvalue weighted by atomic mass is 35.5. The van der Waals surface area contributed by atoms with Crippen molar-refractivity contribution in [2.24, 2.45) is 0 Å². The fraction of sp³-hybridized carbons (Fsp3) is 0.261. The number of carbonyl (C=O) groups is 1. The van der Waals surface area contributed by atoms with Gasteiger partial charge in [0.2, 0.25) is 0 Å². The van der Waals surface area contributed by atoms with Crippen LogP contribution in [-0.2, 0) is 9.53 Å². The van der Waals surface area contributed by atoms with E-state index in [1.807, 2.05) is 18.2 Å². The molecule has 1 saturated heterocycles. The van der Waals surface area contributed by atoms with Crippen molar-refractivity contribution in [2.75, 3.05) is 36.5 Å². The van der Waals surface area contributed by atoms with Crippen molar-refractivity contribution in [3.63, 3.8) is 0 Å². The topological polar surface area (TPSA) is 98.4 Å². The lowest BCUT2D eigenvalue weighted by Crippen LogP contribution is -2.36. The van der Waals surface area contributed by atoms with Gasteiger partial charge in [0.25, 0.3) is 5.91 Å². The molecule has 1 N–H and O–H groups in total. The van der Waals surface area contributed by atoms with E-state index in [-0.39, 0.29) is 5.57 Å². The van der Waals surface area contributed by atoms with Crippen molar-refractivity contribution >= 4 is 35.0 Å². The molecule has 3 rings (SSSR count). The third kappa shape index (κ3) is 5.99. The monoisotopic (exact) mass is 436 g/mol. The van der Waals surface area contributed by atoms with Crippen molar-refractivity contribution in [1.82, 2.24) is 0 Å². The van der Waals surface area contributed by atoms with Gasteiger partial charge in [-0.15, -0.1) is 0 Å². The number of carbonyl (C=O) groups excluding carboxylic acids is 1. The quantitative estimate of drug-likeness (QED) is 0.542. The number of nitrogens with one attached hydrogen (secondary N) is 1. The Labute approximate surface area is 186 Å². The first kappa shape index (κ1) is 22.2. The SMILES string of the molecule is CC(C#N)Oc1ccc(/C=C(/C#N)C(=O)Nc2cc(Cl)ccc2N2CCOCC2)cc1. The molecule has 0 aromatic heterocycles. The van der Waals surface area contributed by atoms with Gasteiger partial charge in [-0.1, -0.05) is 23.7 Å². The van der Waals surface area contributed by atoms with Crippen LogP contribution in [0, 0.1) is 22.7 Å². The molecule has 7 nitrogen and oxygen atoms in total. The van der Waals surface area contributed by atoms with Gasteiger partial charge in [0.05, 0.1) is 24.6 Å². The number of morpholine rings is 1. The van der Waals surface area contributed by atoms with Gasteiger partial charge in [-0.3, -0.25) is 4.79 Å². The maximum Gasteiger partial charge on any atom is 0.266 e. The van der Waals surface area contributed by atoms with Crippen molar-refractivity contribution in [2.45, 2.75) is 13.0 Å². The molecule has 0 bridgehead atoms. The Bertz CT molecular complexity index is 1050. The molecule has 1 fully saturated rings. The molecular formula is C23H21ClN4O3. The molecule has 1 aliphatic rings. The van der Waals surface area contributed by atoms with Crippen LogP contribution in [0.5, 0.6) is 5.75 Å². The van der Waals surface area contributed by atoms with Crippen LogP contribution in [0.1, 0.15) is 12.5 Å². The van der Waals surface area contributed by atoms with Crippen molar-refractivity contribution in [3.05, 3.63) is 58.6 Å². The van der Waals surface area contributed by atoms with E-state index in [1.54, 1.807) is 43.3 Å². The fourth-order valence-electron chi connectivity index (χ4n) is 3.07. The molecule has 1 aliphatic heterocycles. The number of nitrogens with zero attached hydrogens (tertiary/aromatic N) is 3. The summed E-state index contributed by atoms with van der Waals surface area (Å²) in [5, 5.41) is 21.6. The molecule has 8 heteroatoms. The Morgan fingerprint density at radius 1 is 1.23 bits per heavy atom. The van der Waals surface area contributed by atoms with Gasteiger partial charge in [-0.05, 0) is 48.9 Å². The van der Waals surface area contributed by atoms with Crippen LogP contribution in [0.25, 0.3) is 6.08 Å². The smallest absolute Gasteiger partial charge is 0.266 e. The summed E-state index contributed by atoms with van der Waals surface area (Å²) in [5.41, 5.74) is 1.97. The highest BCUT2D eigenvalue weighted by Gasteiger charge is 2.18. The number of nitriles is 2. The Kier molecular flexibility index (Phi) is 7.50. The predicted molar refractivity (Wildman–Crippen MR) is 119 cm³/mol. The van der Waals surface area contributed by atoms with Crippen LogP contribution >= 0.6 is 11.6 Å². The summed E-state index contributed by atoms with van der Waals surface area (Å²) >= 11 is 6.14. The number of hydrogen-bond acceptors (Lipinski definition) is 6. The number of halogens is 1. The third-order valence-corrected chi connectivity index (χ3v) is 4.84. The minimum Gasteiger partial charge on any atom is -0.476 e. The lowest BCUT2D eigenvalue weighted by atomic mass is 10.1. The summed E-state index contributed by atoms with van der Waals surface area (Å²) in [6.07, 6.45) is 0.923. The summed E-state index contributed by atoms with van der Waals surface area (Å²) in [6.45, 7) is 4.25. The molecule has 1 atom stereocenters. The minimum absolute atomic E-state index is 0.0491. The Hall–Kier alpha value is -3.52. The summed E-state index contributed by atoms with van der Waals surface area (Å²) in [7, 11) is 0. The van der Waals surface area contributed by atoms with Crippen molar-refractivity contribution in [3.8, 4) is 17.9 Å². The zero-order valence-electron chi connectivity index (χ0n) is 17.0. The molecule has 0 spiro atoms. The van der Waals surface area contributed by atoms with Crippen LogP contribution in [0.3, 0.4) is 0 Å². The van der Waals surface area contributed by atoms with Crippen LogP contribution in [0.15, 0.2) is 48.0 Å². The molecule has 0 saturated carbocycles. The molecule has 158 valence electrons. The maximum absolute atomic E-state index is 12.8. The second-order valence-electron chi connectivity index (χ2n) is 6.84. The average molecular weight is 437 g/mol. The second kappa shape index (κ2) is 10.5. The third-order valence-electron chi connectivity index (χ3n) is 4.61. The molecule has 2 aromatic carbocycles. The van der Waals surface area contributed by atoms with Crippen molar-refractivity contribution < 1.29 is 14.3 Å². The molecule has 31 heavy (non-hydrogen) atoms. The highest BCUT2D eigenvalue weighted by molar-refractivity contribution is 6.31. The van der Waals surface area contributed by atoms with E-state index in [1.165, 1.54) is 6.08 Å². The first-order chi connectivity index (χ1) is 15.0. The number of benzene rings is 2. The summed E-state index contributed by atoms with van der Waals surface area (Å²) in [6, 6.07) is 16.0. The first-order valence-electron chi connectivity index (χ1n) is 9.72. The summed E-state index contributed by atoms with van der Waals surface area (Å²) in [5.74, 6) is 0.000875. The summed E-state index contributed by atoms with van der Waals surface area (Å²) < 4.78 is 10.8. The minimum atomic E-state index is -0.569. The van der Waals surface area contributed by atoms with Crippen LogP contribution in [-0.4, -0.2) is 38.3 Å². The molecule has 0 aliphatic carbocycles. The van der Waals surface area contributed by atoms with Crippen LogP contribution in [0.4, 0.5) is 11.4 Å². The molecule has 1 heterocycles. The standard InChI is InChI=1S/C23H21ClN4O3/c1-16(14-25)31-20-5-2-17(3-6-20)12-18(15-26)23(29)27-21-13-19(24)4-7-22(21)28-8-10-30-11-9-28/h2-7,12-13,16H,8-11H2,1H3,(H,27,29)/b18-12-. The molecule has 1 amide bonds. The Morgan fingerprint density at radius 2 is 1.94 bits per heavy atom. The zero-order valence-corrected chi connectivity index (χ0v) is 17.7. The normalized spacial score (nSPS) is 14.8. The van der Waals surface area contributed by atoms with E-state index in [0.717, 1.165) is 5.69 Å². The lowest BCUT2D eigenvalue weighted by Gasteiger charge is -2.30. The number of anilines is 2. The molecule has 2 aromatic rings. The van der Waals surface area contributed by atoms with Crippen molar-refractivity contribution in [1.29, 1.82) is 10.5 Å². The van der Waals surface area contributed by atoms with E-state index in [9.17, 15) is 10.1 Å². The number of ether oxygens (including phenoxy) is 2. The number of amides is 1. The first-order valence-corrected chi connectivity index (χ1v) is 10.1. The highest BCUT2D eigenvalue weighted by Crippen LogP contribution is 2.30. The molecule has 1 unspecified atom stereocenters. The Balaban J connectivity index is 1.78. The van der Waals surface area contributed by atoms with Gasteiger partial charge in [0.1, 0.15) is 23.5 Å². The van der Waals surface area contributed by atoms with Gasteiger partial charge < -0.3 is 19.7 Å². The predicted octanol–water partition coefficient (Wildman–Crippen LogP) is 4.01. The van der Waals surface area contributed by atoms with E-state index in [0.29, 0.717) is 48.3 Å². The maximum atomic E-state index is 12.8. The second-order valence-corrected chi connectivity index (χ2v) is 7.28. The average Bonchev–Trinajstić information content (AvgIpc) is 2.79. The zero-order chi connectivity index (χ0) is 22.2. The van der Waals surface area contributed by atoms with Gasteiger partial charge in [0, 0.05) is 18.1 Å². The number of rotatable bonds is 6. The van der Waals surface area contributed by atoms with E-state index < -0.39 is 12.0 Å². The van der Waals surface area contributed by atoms with Gasteiger partial charge in [-0.25, -0.2) is 0 Å². The van der Waals surface area contributed by atoms with Crippen LogP contribution < -0.4 is 15.0 Å². The Morgan fingerprint density at radius 3 is 2.58 bits per heavy atom. The van der Waals surface area contributed by atoms with E-state index in [2.05, 4.69) is 10.2 Å². The fourth-order valence-corrected chi connectivity index (χ4v) is 3.24. The largest absolute Gasteiger partial charge is 0.476 e. The van der Waals surface area contributed by atoms with Gasteiger partial charge >= 0.3 is 0 Å². The molecular weight excluding hydrogens is 416 g/mol. The number of hydrogen-bond donors (Lipinski definition) is 1. The van der Waals surface area contributed by atoms with E-state index >= 15 is 0 Å². The van der Waals surface area contributed by atoms with Crippen LogP contribution in [0.2, 0.25) is 5.02 Å². The summed E-state index contributed by atoms with van der Waals surface area (Å²) in [4.78, 5) is 14.9. The molecule has 0 radical (unpaired) electrons. The van der Waals surface area contributed by atoms with Gasteiger partial charge in [-0.2, -0.15) is 10.5 Å². The van der Waals surface area contributed by atoms with Gasteiger partial charge in [0.15, 0.2) is 6.10 Å². The lowest BCUT2D eigenvalue weighted by molar-refractivity contribution is -0.112.